The van der Waals surface area contributed by atoms with Crippen molar-refractivity contribution in [3.8, 4) is 0 Å². The lowest BCUT2D eigenvalue weighted by Gasteiger charge is -1.99. The van der Waals surface area contributed by atoms with Gasteiger partial charge in [-0.15, -0.1) is 0 Å². The first-order valence-electron chi connectivity index (χ1n) is 3.91. The predicted molar refractivity (Wildman–Crippen MR) is 48.7 cm³/mol. The quantitative estimate of drug-likeness (QED) is 0.353. The fraction of sp³-hybridized carbons (Fsp3) is 0.625. The summed E-state index contributed by atoms with van der Waals surface area (Å²) in [6.45, 7) is 0.645. The molecule has 0 saturated carbocycles. The van der Waals surface area contributed by atoms with Gasteiger partial charge in [-0.2, -0.15) is 0 Å². The first kappa shape index (κ1) is 15.5. The van der Waals surface area contributed by atoms with E-state index >= 15 is 0 Å². The lowest BCUT2D eigenvalue weighted by atomic mass is 10.2. The highest BCUT2D eigenvalue weighted by molar-refractivity contribution is 5.85. The van der Waals surface area contributed by atoms with Crippen LogP contribution < -0.4 is 0 Å². The van der Waals surface area contributed by atoms with E-state index < -0.39 is 18.7 Å². The minimum Gasteiger partial charge on any atom is -0.478 e. The monoisotopic (exact) mass is 208 g/mol. The van der Waals surface area contributed by atoms with Crippen LogP contribution in [0.2, 0.25) is 0 Å². The van der Waals surface area contributed by atoms with Gasteiger partial charge in [0.2, 0.25) is 0 Å². The molecule has 0 radical (unpaired) electrons. The first-order valence-corrected chi connectivity index (χ1v) is 3.91. The average molecular weight is 208 g/mol. The molecule has 0 bridgehead atoms. The predicted octanol–water partition coefficient (Wildman–Crippen LogP) is -1.66. The minimum absolute atomic E-state index is 0.0292. The third kappa shape index (κ3) is 11.1. The Kier molecular flexibility index (Phi) is 11.2. The number of carboxylic acids is 1. The van der Waals surface area contributed by atoms with Crippen LogP contribution in [0.15, 0.2) is 11.6 Å². The molecule has 0 aromatic heterocycles. The Morgan fingerprint density at radius 1 is 1.29 bits per heavy atom. The average Bonchev–Trinajstić information content (AvgIpc) is 2.17. The topological polar surface area (TPSA) is 118 Å². The van der Waals surface area contributed by atoms with E-state index in [9.17, 15) is 4.79 Å². The van der Waals surface area contributed by atoms with Crippen LogP contribution in [0.1, 0.15) is 6.92 Å². The Bertz CT molecular complexity index is 175. The first-order chi connectivity index (χ1) is 6.49. The molecule has 5 N–H and O–H groups in total. The van der Waals surface area contributed by atoms with Gasteiger partial charge in [0.1, 0.15) is 0 Å². The number of carbonyl (C=O) groups is 1. The molecule has 0 aliphatic heterocycles. The van der Waals surface area contributed by atoms with Crippen molar-refractivity contribution in [3.05, 3.63) is 11.6 Å². The molecule has 14 heavy (non-hydrogen) atoms. The van der Waals surface area contributed by atoms with Crippen molar-refractivity contribution in [2.75, 3.05) is 19.8 Å². The Labute approximate surface area is 81.7 Å². The van der Waals surface area contributed by atoms with Crippen molar-refractivity contribution in [3.63, 3.8) is 0 Å². The van der Waals surface area contributed by atoms with Crippen LogP contribution in [-0.4, -0.2) is 57.4 Å². The van der Waals surface area contributed by atoms with Gasteiger partial charge >= 0.3 is 5.97 Å². The maximum atomic E-state index is 10.1. The van der Waals surface area contributed by atoms with Gasteiger partial charge in [-0.05, 0) is 13.0 Å². The van der Waals surface area contributed by atoms with Crippen LogP contribution in [0.4, 0.5) is 0 Å². The molecule has 0 spiro atoms. The van der Waals surface area contributed by atoms with Gasteiger partial charge in [-0.1, -0.05) is 0 Å². The van der Waals surface area contributed by atoms with E-state index in [1.165, 1.54) is 6.92 Å². The van der Waals surface area contributed by atoms with E-state index in [0.29, 0.717) is 0 Å². The van der Waals surface area contributed by atoms with Crippen molar-refractivity contribution in [2.45, 2.75) is 13.0 Å². The van der Waals surface area contributed by atoms with Crippen LogP contribution in [-0.2, 0) is 4.79 Å². The molecule has 1 unspecified atom stereocenters. The molecule has 1 atom stereocenters. The van der Waals surface area contributed by atoms with Crippen LogP contribution in [0.25, 0.3) is 0 Å². The van der Waals surface area contributed by atoms with Gasteiger partial charge in [0, 0.05) is 5.57 Å². The summed E-state index contributed by atoms with van der Waals surface area (Å²) in [4.78, 5) is 10.1. The van der Waals surface area contributed by atoms with E-state index in [2.05, 4.69) is 0 Å². The molecule has 6 heteroatoms. The fourth-order valence-corrected chi connectivity index (χ4v) is 0.413. The molecule has 0 aliphatic carbocycles. The van der Waals surface area contributed by atoms with Gasteiger partial charge in [0.25, 0.3) is 0 Å². The zero-order chi connectivity index (χ0) is 11.6. The number of hydrogen-bond donors (Lipinski definition) is 5. The summed E-state index contributed by atoms with van der Waals surface area (Å²) in [6.07, 6.45) is 0.0126. The summed E-state index contributed by atoms with van der Waals surface area (Å²) in [6, 6.07) is 0. The summed E-state index contributed by atoms with van der Waals surface area (Å²) in [5, 5.41) is 40.5. The van der Waals surface area contributed by atoms with Crippen LogP contribution >= 0.6 is 0 Å². The molecule has 0 heterocycles. The Balaban J connectivity index is 0. The summed E-state index contributed by atoms with van der Waals surface area (Å²) in [7, 11) is 0. The number of hydrogen-bond acceptors (Lipinski definition) is 5. The molecule has 0 aromatic carbocycles. The highest BCUT2D eigenvalue weighted by Gasteiger charge is 2.02. The van der Waals surface area contributed by atoms with Crippen molar-refractivity contribution >= 4 is 5.97 Å². The van der Waals surface area contributed by atoms with E-state index in [-0.39, 0.29) is 18.8 Å². The second kappa shape index (κ2) is 10.1. The van der Waals surface area contributed by atoms with Crippen LogP contribution in [0, 0.1) is 0 Å². The summed E-state index contributed by atoms with van der Waals surface area (Å²) in [5.74, 6) is -1.09. The molecule has 0 aromatic rings. The van der Waals surface area contributed by atoms with Gasteiger partial charge in [0.05, 0.1) is 25.9 Å². The van der Waals surface area contributed by atoms with E-state index in [0.717, 1.165) is 6.08 Å². The second-order valence-corrected chi connectivity index (χ2v) is 2.35. The molecular weight excluding hydrogens is 192 g/mol. The van der Waals surface area contributed by atoms with E-state index in [1.54, 1.807) is 0 Å². The molecule has 6 nitrogen and oxygen atoms in total. The molecule has 0 aliphatic rings. The summed E-state index contributed by atoms with van der Waals surface area (Å²) in [5.41, 5.74) is 0.0292. The van der Waals surface area contributed by atoms with Gasteiger partial charge in [-0.3, -0.25) is 0 Å². The molecule has 0 saturated heterocycles. The van der Waals surface area contributed by atoms with Crippen molar-refractivity contribution < 1.29 is 30.3 Å². The highest BCUT2D eigenvalue weighted by atomic mass is 16.4. The maximum absolute atomic E-state index is 10.1. The van der Waals surface area contributed by atoms with E-state index in [4.69, 9.17) is 25.5 Å². The number of rotatable bonds is 4. The van der Waals surface area contributed by atoms with Crippen LogP contribution in [0.3, 0.4) is 0 Å². The smallest absolute Gasteiger partial charge is 0.331 e. The molecule has 0 fully saturated rings. The molecule has 0 rings (SSSR count). The maximum Gasteiger partial charge on any atom is 0.331 e. The van der Waals surface area contributed by atoms with E-state index in [1.807, 2.05) is 0 Å². The Hall–Kier alpha value is -0.950. The zero-order valence-corrected chi connectivity index (χ0v) is 7.92. The molecule has 84 valence electrons. The highest BCUT2D eigenvalue weighted by Crippen LogP contribution is 1.94. The van der Waals surface area contributed by atoms with Gasteiger partial charge < -0.3 is 25.5 Å². The van der Waals surface area contributed by atoms with Crippen molar-refractivity contribution in [1.82, 2.24) is 0 Å². The lowest BCUT2D eigenvalue weighted by Crippen LogP contribution is -2.10. The standard InChI is InChI=1S/C6H10O4.C2H6O2/c1-4(6(9)10)2-5(8)3-7;3-1-2-4/h2,5,7-8H,3H2,1H3,(H,9,10);3-4H,1-2H2. The lowest BCUT2D eigenvalue weighted by molar-refractivity contribution is -0.132. The van der Waals surface area contributed by atoms with Crippen LogP contribution in [0.5, 0.6) is 0 Å². The normalized spacial score (nSPS) is 12.8. The van der Waals surface area contributed by atoms with Gasteiger partial charge in [0.15, 0.2) is 0 Å². The largest absolute Gasteiger partial charge is 0.478 e. The zero-order valence-electron chi connectivity index (χ0n) is 7.92. The Morgan fingerprint density at radius 2 is 1.71 bits per heavy atom. The number of aliphatic hydroxyl groups excluding tert-OH is 4. The third-order valence-corrected chi connectivity index (χ3v) is 1.07. The summed E-state index contributed by atoms with van der Waals surface area (Å²) < 4.78 is 0. The second-order valence-electron chi connectivity index (χ2n) is 2.35. The number of aliphatic carboxylic acids is 1. The minimum atomic E-state index is -1.09. The Morgan fingerprint density at radius 3 is 1.93 bits per heavy atom. The SMILES string of the molecule is CC(=CC(O)CO)C(=O)O.OCCO. The molecular formula is C8H16O6. The molecule has 0 amide bonds. The van der Waals surface area contributed by atoms with Crippen molar-refractivity contribution in [1.29, 1.82) is 0 Å². The van der Waals surface area contributed by atoms with Crippen molar-refractivity contribution in [2.24, 2.45) is 0 Å². The fourth-order valence-electron chi connectivity index (χ4n) is 0.413. The number of carboxylic acid groups (broad SMARTS) is 1. The number of aliphatic hydroxyl groups is 4. The van der Waals surface area contributed by atoms with Gasteiger partial charge in [-0.25, -0.2) is 4.79 Å². The summed E-state index contributed by atoms with van der Waals surface area (Å²) >= 11 is 0. The third-order valence-electron chi connectivity index (χ3n) is 1.07.